The minimum atomic E-state index is -1.02. The summed E-state index contributed by atoms with van der Waals surface area (Å²) < 4.78 is 0. The number of benzene rings is 1. The van der Waals surface area contributed by atoms with E-state index in [4.69, 9.17) is 5.11 Å². The summed E-state index contributed by atoms with van der Waals surface area (Å²) in [6.07, 6.45) is 0.905. The average molecular weight is 256 g/mol. The van der Waals surface area contributed by atoms with Crippen LogP contribution in [0.15, 0.2) is 36.4 Å². The van der Waals surface area contributed by atoms with Gasteiger partial charge in [0.1, 0.15) is 5.82 Å². The van der Waals surface area contributed by atoms with Gasteiger partial charge in [0.2, 0.25) is 0 Å². The number of carbonyl (C=O) groups is 1. The minimum absolute atomic E-state index is 0.0385. The fourth-order valence-electron chi connectivity index (χ4n) is 1.95. The van der Waals surface area contributed by atoms with Gasteiger partial charge >= 0.3 is 5.97 Å². The maximum Gasteiger partial charge on any atom is 0.354 e. The number of carboxylic acids is 1. The van der Waals surface area contributed by atoms with E-state index < -0.39 is 5.97 Å². The van der Waals surface area contributed by atoms with Crippen molar-refractivity contribution in [3.63, 3.8) is 0 Å². The lowest BCUT2D eigenvalue weighted by Crippen LogP contribution is -2.04. The number of carboxylic acid groups (broad SMARTS) is 1. The Labute approximate surface area is 112 Å². The van der Waals surface area contributed by atoms with Gasteiger partial charge in [-0.2, -0.15) is 0 Å². The van der Waals surface area contributed by atoms with E-state index in [1.165, 1.54) is 11.6 Å². The summed E-state index contributed by atoms with van der Waals surface area (Å²) in [6, 6.07) is 11.0. The summed E-state index contributed by atoms with van der Waals surface area (Å²) in [5.74, 6) is -0.479. The van der Waals surface area contributed by atoms with Gasteiger partial charge in [0.05, 0.1) is 0 Å². The molecule has 1 aromatic carbocycles. The highest BCUT2D eigenvalue weighted by molar-refractivity contribution is 5.86. The highest BCUT2D eigenvalue weighted by Gasteiger charge is 2.08. The van der Waals surface area contributed by atoms with E-state index in [0.29, 0.717) is 5.82 Å². The van der Waals surface area contributed by atoms with Crippen molar-refractivity contribution in [2.75, 3.05) is 5.32 Å². The molecule has 0 aliphatic rings. The van der Waals surface area contributed by atoms with Crippen molar-refractivity contribution in [3.8, 4) is 0 Å². The second kappa shape index (κ2) is 5.52. The second-order valence-corrected chi connectivity index (χ2v) is 4.30. The van der Waals surface area contributed by atoms with Gasteiger partial charge in [0.25, 0.3) is 0 Å². The molecule has 0 spiro atoms. The van der Waals surface area contributed by atoms with Crippen LogP contribution in [0.25, 0.3) is 0 Å². The van der Waals surface area contributed by atoms with Crippen LogP contribution in [0.4, 0.5) is 11.5 Å². The number of para-hydroxylation sites is 1. The van der Waals surface area contributed by atoms with Gasteiger partial charge in [0.15, 0.2) is 5.69 Å². The number of pyridine rings is 1. The van der Waals surface area contributed by atoms with Gasteiger partial charge in [-0.05, 0) is 36.6 Å². The first-order valence-electron chi connectivity index (χ1n) is 6.17. The van der Waals surface area contributed by atoms with E-state index in [1.807, 2.05) is 19.1 Å². The van der Waals surface area contributed by atoms with Gasteiger partial charge in [-0.3, -0.25) is 0 Å². The third kappa shape index (κ3) is 2.91. The van der Waals surface area contributed by atoms with Crippen LogP contribution in [0.1, 0.15) is 28.5 Å². The zero-order valence-electron chi connectivity index (χ0n) is 11.0. The van der Waals surface area contributed by atoms with Crippen molar-refractivity contribution < 1.29 is 9.90 Å². The van der Waals surface area contributed by atoms with Crippen molar-refractivity contribution in [3.05, 3.63) is 53.2 Å². The molecule has 0 saturated carbocycles. The largest absolute Gasteiger partial charge is 0.477 e. The smallest absolute Gasteiger partial charge is 0.354 e. The Kier molecular flexibility index (Phi) is 3.80. The normalized spacial score (nSPS) is 10.2. The molecule has 19 heavy (non-hydrogen) atoms. The highest BCUT2D eigenvalue weighted by Crippen LogP contribution is 2.24. The second-order valence-electron chi connectivity index (χ2n) is 4.30. The first-order chi connectivity index (χ1) is 9.11. The van der Waals surface area contributed by atoms with Gasteiger partial charge in [-0.15, -0.1) is 0 Å². The molecule has 98 valence electrons. The van der Waals surface area contributed by atoms with Crippen LogP contribution in [0.2, 0.25) is 0 Å². The van der Waals surface area contributed by atoms with Crippen LogP contribution < -0.4 is 5.32 Å². The van der Waals surface area contributed by atoms with Gasteiger partial charge in [-0.25, -0.2) is 9.78 Å². The molecule has 1 aromatic heterocycles. The molecule has 0 aliphatic heterocycles. The molecule has 0 atom stereocenters. The molecular weight excluding hydrogens is 240 g/mol. The van der Waals surface area contributed by atoms with Gasteiger partial charge in [-0.1, -0.05) is 31.2 Å². The summed E-state index contributed by atoms with van der Waals surface area (Å²) in [7, 11) is 0. The molecular formula is C15H16N2O2. The van der Waals surface area contributed by atoms with Crippen molar-refractivity contribution in [2.45, 2.75) is 20.3 Å². The molecule has 0 amide bonds. The summed E-state index contributed by atoms with van der Waals surface area (Å²) in [5, 5.41) is 12.2. The lowest BCUT2D eigenvalue weighted by molar-refractivity contribution is 0.0690. The quantitative estimate of drug-likeness (QED) is 0.880. The maximum atomic E-state index is 10.9. The van der Waals surface area contributed by atoms with E-state index >= 15 is 0 Å². The number of hydrogen-bond donors (Lipinski definition) is 2. The third-order valence-corrected chi connectivity index (χ3v) is 2.96. The molecule has 2 rings (SSSR count). The summed E-state index contributed by atoms with van der Waals surface area (Å²) in [4.78, 5) is 15.0. The Morgan fingerprint density at radius 3 is 2.68 bits per heavy atom. The Morgan fingerprint density at radius 2 is 2.00 bits per heavy atom. The Hall–Kier alpha value is -2.36. The topological polar surface area (TPSA) is 62.2 Å². The van der Waals surface area contributed by atoms with Crippen molar-refractivity contribution in [1.82, 2.24) is 4.98 Å². The lowest BCUT2D eigenvalue weighted by atomic mass is 10.1. The van der Waals surface area contributed by atoms with Crippen LogP contribution in [0.3, 0.4) is 0 Å². The first-order valence-corrected chi connectivity index (χ1v) is 6.17. The Bertz CT molecular complexity index is 609. The number of rotatable bonds is 4. The molecule has 4 heteroatoms. The number of nitrogens with zero attached hydrogens (tertiary/aromatic N) is 1. The van der Waals surface area contributed by atoms with E-state index in [1.54, 1.807) is 12.1 Å². The molecule has 0 unspecified atom stereocenters. The van der Waals surface area contributed by atoms with E-state index in [-0.39, 0.29) is 5.69 Å². The Morgan fingerprint density at radius 1 is 1.26 bits per heavy atom. The number of nitrogens with one attached hydrogen (secondary N) is 1. The summed E-state index contributed by atoms with van der Waals surface area (Å²) in [5.41, 5.74) is 3.33. The predicted octanol–water partition coefficient (Wildman–Crippen LogP) is 3.39. The first kappa shape index (κ1) is 13.1. The monoisotopic (exact) mass is 256 g/mol. The fraction of sp³-hybridized carbons (Fsp3) is 0.200. The molecule has 2 aromatic rings. The lowest BCUT2D eigenvalue weighted by Gasteiger charge is -2.13. The number of hydrogen-bond acceptors (Lipinski definition) is 3. The predicted molar refractivity (Wildman–Crippen MR) is 75.0 cm³/mol. The maximum absolute atomic E-state index is 10.9. The number of aromatic carboxylic acids is 1. The van der Waals surface area contributed by atoms with Crippen LogP contribution in [-0.4, -0.2) is 16.1 Å². The van der Waals surface area contributed by atoms with Crippen LogP contribution in [0, 0.1) is 6.92 Å². The summed E-state index contributed by atoms with van der Waals surface area (Å²) >= 11 is 0. The van der Waals surface area contributed by atoms with E-state index in [0.717, 1.165) is 17.7 Å². The molecule has 0 radical (unpaired) electrons. The SMILES string of the molecule is CCc1cccc(C)c1Nc1cccc(C(=O)O)n1. The molecule has 0 saturated heterocycles. The van der Waals surface area contributed by atoms with Gasteiger partial charge in [0, 0.05) is 5.69 Å². The zero-order valence-corrected chi connectivity index (χ0v) is 11.0. The zero-order chi connectivity index (χ0) is 13.8. The van der Waals surface area contributed by atoms with Crippen LogP contribution >= 0.6 is 0 Å². The standard InChI is InChI=1S/C15H16N2O2/c1-3-11-7-4-6-10(2)14(11)17-13-9-5-8-12(16-13)15(18)19/h4-9H,3H2,1-2H3,(H,16,17)(H,18,19). The molecule has 0 aliphatic carbocycles. The number of aromatic nitrogens is 1. The molecule has 4 nitrogen and oxygen atoms in total. The molecule has 1 heterocycles. The molecule has 2 N–H and O–H groups in total. The van der Waals surface area contributed by atoms with Crippen molar-refractivity contribution >= 4 is 17.5 Å². The highest BCUT2D eigenvalue weighted by atomic mass is 16.4. The van der Waals surface area contributed by atoms with Crippen LogP contribution in [-0.2, 0) is 6.42 Å². The average Bonchev–Trinajstić information content (AvgIpc) is 2.41. The fourth-order valence-corrected chi connectivity index (χ4v) is 1.95. The van der Waals surface area contributed by atoms with Crippen molar-refractivity contribution in [2.24, 2.45) is 0 Å². The molecule has 0 bridgehead atoms. The third-order valence-electron chi connectivity index (χ3n) is 2.96. The van der Waals surface area contributed by atoms with Crippen LogP contribution in [0.5, 0.6) is 0 Å². The minimum Gasteiger partial charge on any atom is -0.477 e. The summed E-state index contributed by atoms with van der Waals surface area (Å²) in [6.45, 7) is 4.10. The number of anilines is 2. The van der Waals surface area contributed by atoms with E-state index in [9.17, 15) is 4.79 Å². The molecule has 0 fully saturated rings. The Balaban J connectivity index is 2.36. The number of aryl methyl sites for hydroxylation is 2. The van der Waals surface area contributed by atoms with Gasteiger partial charge < -0.3 is 10.4 Å². The van der Waals surface area contributed by atoms with E-state index in [2.05, 4.69) is 23.3 Å². The van der Waals surface area contributed by atoms with Crippen molar-refractivity contribution in [1.29, 1.82) is 0 Å².